The largest absolute Gasteiger partial charge is 0.478 e. The summed E-state index contributed by atoms with van der Waals surface area (Å²) < 4.78 is 9.04. The predicted octanol–water partition coefficient (Wildman–Crippen LogP) is 1.01. The number of hydrogen-bond acceptors (Lipinski definition) is 7. The Bertz CT molecular complexity index is 790. The second-order valence-corrected chi connectivity index (χ2v) is 4.62. The van der Waals surface area contributed by atoms with Crippen LogP contribution in [-0.4, -0.2) is 52.0 Å². The van der Waals surface area contributed by atoms with E-state index in [0.717, 1.165) is 0 Å². The van der Waals surface area contributed by atoms with Gasteiger partial charge in [-0.2, -0.15) is 0 Å². The monoisotopic (exact) mass is 352 g/mol. The quantitative estimate of drug-likeness (QED) is 0.366. The SMILES string of the molecule is C=C(C)C(=O)OCOC(=O)c1cc(C(=O)O)c(C(=O)O)cc1C(=O)O. The van der Waals surface area contributed by atoms with Gasteiger partial charge in [-0.3, -0.25) is 0 Å². The molecule has 0 bridgehead atoms. The van der Waals surface area contributed by atoms with Crippen molar-refractivity contribution in [2.75, 3.05) is 6.79 Å². The van der Waals surface area contributed by atoms with Gasteiger partial charge >= 0.3 is 29.8 Å². The van der Waals surface area contributed by atoms with Gasteiger partial charge in [-0.25, -0.2) is 24.0 Å². The van der Waals surface area contributed by atoms with Gasteiger partial charge in [0.2, 0.25) is 6.79 Å². The zero-order valence-electron chi connectivity index (χ0n) is 12.8. The van der Waals surface area contributed by atoms with E-state index in [1.54, 1.807) is 0 Å². The summed E-state index contributed by atoms with van der Waals surface area (Å²) in [5, 5.41) is 27.1. The predicted molar refractivity (Wildman–Crippen MR) is 78.5 cm³/mol. The molecule has 0 unspecified atom stereocenters. The highest BCUT2D eigenvalue weighted by molar-refractivity contribution is 6.09. The Morgan fingerprint density at radius 3 is 1.64 bits per heavy atom. The Kier molecular flexibility index (Phi) is 5.98. The number of ether oxygens (including phenoxy) is 2. The van der Waals surface area contributed by atoms with E-state index in [2.05, 4.69) is 16.1 Å². The minimum atomic E-state index is -1.68. The van der Waals surface area contributed by atoms with Crippen LogP contribution in [0, 0.1) is 0 Å². The van der Waals surface area contributed by atoms with Gasteiger partial charge in [0.05, 0.1) is 22.3 Å². The zero-order chi connectivity index (χ0) is 19.3. The molecular weight excluding hydrogens is 340 g/mol. The number of carbonyl (C=O) groups is 5. The second-order valence-electron chi connectivity index (χ2n) is 4.62. The molecule has 0 heterocycles. The number of carboxylic acid groups (broad SMARTS) is 3. The molecule has 3 N–H and O–H groups in total. The molecule has 0 aliphatic carbocycles. The lowest BCUT2D eigenvalue weighted by Gasteiger charge is -2.10. The highest BCUT2D eigenvalue weighted by atomic mass is 16.7. The van der Waals surface area contributed by atoms with E-state index in [9.17, 15) is 24.0 Å². The van der Waals surface area contributed by atoms with Gasteiger partial charge in [-0.1, -0.05) is 6.58 Å². The maximum Gasteiger partial charge on any atom is 0.341 e. The number of esters is 2. The van der Waals surface area contributed by atoms with Crippen LogP contribution in [-0.2, 0) is 14.3 Å². The molecule has 0 aromatic heterocycles. The lowest BCUT2D eigenvalue weighted by Crippen LogP contribution is -2.19. The fourth-order valence-electron chi connectivity index (χ4n) is 1.64. The third-order valence-electron chi connectivity index (χ3n) is 2.80. The Morgan fingerprint density at radius 1 is 0.840 bits per heavy atom. The van der Waals surface area contributed by atoms with Gasteiger partial charge in [-0.15, -0.1) is 0 Å². The van der Waals surface area contributed by atoms with E-state index >= 15 is 0 Å². The topological polar surface area (TPSA) is 164 Å². The first-order valence-electron chi connectivity index (χ1n) is 6.44. The summed E-state index contributed by atoms with van der Waals surface area (Å²) in [6.45, 7) is 3.77. The van der Waals surface area contributed by atoms with E-state index in [0.29, 0.717) is 12.1 Å². The van der Waals surface area contributed by atoms with Crippen LogP contribution in [0.1, 0.15) is 48.4 Å². The molecule has 0 aliphatic rings. The summed E-state index contributed by atoms with van der Waals surface area (Å²) >= 11 is 0. The second kappa shape index (κ2) is 7.73. The minimum absolute atomic E-state index is 0.0289. The third kappa shape index (κ3) is 4.64. The number of hydrogen-bond donors (Lipinski definition) is 3. The van der Waals surface area contributed by atoms with Crippen molar-refractivity contribution < 1.29 is 48.8 Å². The summed E-state index contributed by atoms with van der Waals surface area (Å²) in [6.07, 6.45) is 0. The van der Waals surface area contributed by atoms with Crippen molar-refractivity contribution in [3.05, 3.63) is 46.5 Å². The molecular formula is C15H12O10. The lowest BCUT2D eigenvalue weighted by atomic mass is 9.98. The minimum Gasteiger partial charge on any atom is -0.478 e. The molecule has 1 rings (SSSR count). The third-order valence-corrected chi connectivity index (χ3v) is 2.80. The number of carboxylic acids is 3. The van der Waals surface area contributed by atoms with Gasteiger partial charge < -0.3 is 24.8 Å². The Morgan fingerprint density at radius 2 is 1.24 bits per heavy atom. The maximum atomic E-state index is 11.9. The van der Waals surface area contributed by atoms with Gasteiger partial charge in [0, 0.05) is 5.57 Å². The molecule has 0 amide bonds. The zero-order valence-corrected chi connectivity index (χ0v) is 12.8. The summed E-state index contributed by atoms with van der Waals surface area (Å²) in [5.41, 5.74) is -3.07. The van der Waals surface area contributed by atoms with E-state index in [4.69, 9.17) is 15.3 Å². The molecule has 0 radical (unpaired) electrons. The van der Waals surface area contributed by atoms with Crippen LogP contribution in [0.5, 0.6) is 0 Å². The summed E-state index contributed by atoms with van der Waals surface area (Å²) in [6, 6.07) is 1.10. The van der Waals surface area contributed by atoms with Crippen molar-refractivity contribution >= 4 is 29.8 Å². The average molecular weight is 352 g/mol. The molecule has 0 aliphatic heterocycles. The maximum absolute atomic E-state index is 11.9. The van der Waals surface area contributed by atoms with Crippen LogP contribution in [0.4, 0.5) is 0 Å². The first-order chi connectivity index (χ1) is 11.6. The molecule has 0 saturated carbocycles. The van der Waals surface area contributed by atoms with Crippen LogP contribution in [0.15, 0.2) is 24.3 Å². The van der Waals surface area contributed by atoms with Crippen LogP contribution in [0.3, 0.4) is 0 Å². The van der Waals surface area contributed by atoms with Crippen molar-refractivity contribution in [2.45, 2.75) is 6.92 Å². The summed E-state index contributed by atoms with van der Waals surface area (Å²) in [5.74, 6) is -7.22. The molecule has 0 atom stereocenters. The van der Waals surface area contributed by atoms with Gasteiger partial charge in [-0.05, 0) is 19.1 Å². The molecule has 10 heteroatoms. The molecule has 132 valence electrons. The molecule has 0 fully saturated rings. The van der Waals surface area contributed by atoms with Crippen molar-refractivity contribution in [2.24, 2.45) is 0 Å². The summed E-state index contributed by atoms with van der Waals surface area (Å²) in [7, 11) is 0. The first kappa shape index (κ1) is 19.4. The van der Waals surface area contributed by atoms with E-state index < -0.39 is 58.9 Å². The highest BCUT2D eigenvalue weighted by Gasteiger charge is 2.26. The van der Waals surface area contributed by atoms with E-state index in [1.165, 1.54) is 6.92 Å². The summed E-state index contributed by atoms with van der Waals surface area (Å²) in [4.78, 5) is 56.5. The Labute approximate surface area is 139 Å². The number of benzene rings is 1. The fraction of sp³-hybridized carbons (Fsp3) is 0.133. The molecule has 0 spiro atoms. The average Bonchev–Trinajstić information content (AvgIpc) is 2.52. The van der Waals surface area contributed by atoms with E-state index in [-0.39, 0.29) is 5.57 Å². The van der Waals surface area contributed by atoms with Gasteiger partial charge in [0.15, 0.2) is 0 Å². The molecule has 1 aromatic carbocycles. The number of rotatable bonds is 7. The molecule has 25 heavy (non-hydrogen) atoms. The molecule has 10 nitrogen and oxygen atoms in total. The van der Waals surface area contributed by atoms with Crippen LogP contribution < -0.4 is 0 Å². The van der Waals surface area contributed by atoms with Crippen LogP contribution in [0.2, 0.25) is 0 Å². The van der Waals surface area contributed by atoms with Crippen molar-refractivity contribution in [1.82, 2.24) is 0 Å². The number of aromatic carboxylic acids is 3. The first-order valence-corrected chi connectivity index (χ1v) is 6.44. The fourth-order valence-corrected chi connectivity index (χ4v) is 1.64. The molecule has 0 saturated heterocycles. The highest BCUT2D eigenvalue weighted by Crippen LogP contribution is 2.19. The van der Waals surface area contributed by atoms with Crippen molar-refractivity contribution in [1.29, 1.82) is 0 Å². The lowest BCUT2D eigenvalue weighted by molar-refractivity contribution is -0.147. The van der Waals surface area contributed by atoms with E-state index in [1.807, 2.05) is 0 Å². The van der Waals surface area contributed by atoms with Crippen LogP contribution in [0.25, 0.3) is 0 Å². The van der Waals surface area contributed by atoms with Gasteiger partial charge in [0.1, 0.15) is 0 Å². The molecule has 1 aromatic rings. The van der Waals surface area contributed by atoms with Gasteiger partial charge in [0.25, 0.3) is 0 Å². The Hall–Kier alpha value is -3.69. The Balaban J connectivity index is 3.22. The standard InChI is InChI=1S/C15H12O10/c1-6(2)14(22)24-5-25-15(23)10-4-8(12(18)19)7(11(16)17)3-9(10)13(20)21/h3-4H,1,5H2,2H3,(H,16,17)(H,18,19)(H,20,21). The number of carbonyl (C=O) groups excluding carboxylic acids is 2. The van der Waals surface area contributed by atoms with Crippen molar-refractivity contribution in [3.63, 3.8) is 0 Å². The van der Waals surface area contributed by atoms with Crippen LogP contribution >= 0.6 is 0 Å². The van der Waals surface area contributed by atoms with Crippen molar-refractivity contribution in [3.8, 4) is 0 Å². The normalized spacial score (nSPS) is 9.80. The smallest absolute Gasteiger partial charge is 0.341 e.